The van der Waals surface area contributed by atoms with Crippen molar-refractivity contribution in [2.24, 2.45) is 0 Å². The number of fused-ring (bicyclic) bond motifs is 1. The molecule has 1 saturated carbocycles. The molecule has 0 atom stereocenters. The molecule has 2 fully saturated rings. The Labute approximate surface area is 153 Å². The van der Waals surface area contributed by atoms with Gasteiger partial charge in [0.05, 0.1) is 11.9 Å². The minimum atomic E-state index is -0.146. The summed E-state index contributed by atoms with van der Waals surface area (Å²) < 4.78 is 1.68. The number of hydrogen-bond acceptors (Lipinski definition) is 5. The third kappa shape index (κ3) is 3.96. The van der Waals surface area contributed by atoms with Gasteiger partial charge in [-0.2, -0.15) is 5.10 Å². The normalized spacial score (nSPS) is 24.5. The summed E-state index contributed by atoms with van der Waals surface area (Å²) in [7, 11) is 0. The van der Waals surface area contributed by atoms with E-state index in [-0.39, 0.29) is 12.1 Å². The maximum Gasteiger partial charge on any atom is 0.319 e. The third-order valence-electron chi connectivity index (χ3n) is 5.39. The number of hydrogen-bond donors (Lipinski definition) is 3. The lowest BCUT2D eigenvalue weighted by atomic mass is 9.90. The molecule has 0 radical (unpaired) electrons. The molecule has 8 heteroatoms. The van der Waals surface area contributed by atoms with Crippen molar-refractivity contribution in [2.75, 3.05) is 31.5 Å². The number of nitrogens with one attached hydrogen (secondary N) is 3. The number of rotatable bonds is 3. The highest BCUT2D eigenvalue weighted by Gasteiger charge is 2.27. The van der Waals surface area contributed by atoms with E-state index in [9.17, 15) is 4.79 Å². The van der Waals surface area contributed by atoms with Gasteiger partial charge in [-0.15, -0.1) is 0 Å². The highest BCUT2D eigenvalue weighted by Crippen LogP contribution is 2.23. The molecule has 1 saturated heterocycles. The Morgan fingerprint density at radius 2 is 1.96 bits per heavy atom. The Hall–Kier alpha value is -2.19. The Kier molecular flexibility index (Phi) is 5.03. The van der Waals surface area contributed by atoms with Crippen LogP contribution in [0.15, 0.2) is 18.3 Å². The molecule has 140 valence electrons. The number of pyridine rings is 1. The third-order valence-corrected chi connectivity index (χ3v) is 5.39. The monoisotopic (exact) mass is 357 g/mol. The summed E-state index contributed by atoms with van der Waals surface area (Å²) in [6, 6.07) is 4.49. The maximum absolute atomic E-state index is 12.3. The van der Waals surface area contributed by atoms with Crippen LogP contribution >= 0.6 is 0 Å². The Bertz CT molecular complexity index is 760. The molecule has 0 aromatic carbocycles. The summed E-state index contributed by atoms with van der Waals surface area (Å²) in [5.41, 5.74) is 1.49. The van der Waals surface area contributed by atoms with Crippen LogP contribution in [0.4, 0.5) is 10.5 Å². The van der Waals surface area contributed by atoms with E-state index in [2.05, 4.69) is 30.9 Å². The van der Waals surface area contributed by atoms with Gasteiger partial charge in [0.2, 0.25) is 0 Å². The average molecular weight is 357 g/mol. The van der Waals surface area contributed by atoms with Crippen LogP contribution in [0.3, 0.4) is 0 Å². The van der Waals surface area contributed by atoms with Gasteiger partial charge in [0.25, 0.3) is 0 Å². The van der Waals surface area contributed by atoms with Crippen LogP contribution in [0.25, 0.3) is 5.65 Å². The molecule has 0 bridgehead atoms. The summed E-state index contributed by atoms with van der Waals surface area (Å²) in [4.78, 5) is 19.2. The zero-order valence-electron chi connectivity index (χ0n) is 15.2. The largest absolute Gasteiger partial charge is 0.335 e. The SMILES string of the molecule is Cc1nc2ccc(NC(=O)NC3CCC(N4CCNCC4)CC3)cn2n1. The van der Waals surface area contributed by atoms with Crippen molar-refractivity contribution in [1.29, 1.82) is 0 Å². The Morgan fingerprint density at radius 1 is 1.19 bits per heavy atom. The van der Waals surface area contributed by atoms with E-state index in [0.29, 0.717) is 11.9 Å². The molecule has 2 aromatic heterocycles. The molecule has 2 aliphatic rings. The standard InChI is InChI=1S/C18H27N7O/c1-13-20-17-7-4-15(12-25(17)23-13)22-18(26)21-14-2-5-16(6-3-14)24-10-8-19-9-11-24/h4,7,12,14,16,19H,2-3,5-6,8-11H2,1H3,(H2,21,22,26). The van der Waals surface area contributed by atoms with E-state index >= 15 is 0 Å². The molecule has 2 amide bonds. The minimum Gasteiger partial charge on any atom is -0.335 e. The van der Waals surface area contributed by atoms with Crippen molar-refractivity contribution in [1.82, 2.24) is 30.1 Å². The lowest BCUT2D eigenvalue weighted by Crippen LogP contribution is -2.51. The first kappa shape index (κ1) is 17.2. The predicted molar refractivity (Wildman–Crippen MR) is 100 cm³/mol. The van der Waals surface area contributed by atoms with Gasteiger partial charge in [-0.05, 0) is 44.7 Å². The van der Waals surface area contributed by atoms with Crippen LogP contribution in [0.2, 0.25) is 0 Å². The van der Waals surface area contributed by atoms with E-state index in [1.807, 2.05) is 19.1 Å². The first-order valence-electron chi connectivity index (χ1n) is 9.53. The molecule has 3 N–H and O–H groups in total. The van der Waals surface area contributed by atoms with Gasteiger partial charge in [-0.1, -0.05) is 0 Å². The number of piperazine rings is 1. The van der Waals surface area contributed by atoms with Gasteiger partial charge in [-0.25, -0.2) is 14.3 Å². The van der Waals surface area contributed by atoms with E-state index in [1.54, 1.807) is 10.7 Å². The molecule has 1 aliphatic carbocycles. The molecule has 26 heavy (non-hydrogen) atoms. The van der Waals surface area contributed by atoms with E-state index < -0.39 is 0 Å². The first-order chi connectivity index (χ1) is 12.7. The van der Waals surface area contributed by atoms with Crippen LogP contribution < -0.4 is 16.0 Å². The highest BCUT2D eigenvalue weighted by molar-refractivity contribution is 5.89. The van der Waals surface area contributed by atoms with E-state index in [4.69, 9.17) is 0 Å². The molecule has 0 spiro atoms. The van der Waals surface area contributed by atoms with Crippen molar-refractivity contribution >= 4 is 17.4 Å². The number of carbonyl (C=O) groups is 1. The molecule has 2 aromatic rings. The second-order valence-electron chi connectivity index (χ2n) is 7.27. The van der Waals surface area contributed by atoms with Crippen molar-refractivity contribution in [2.45, 2.75) is 44.7 Å². The van der Waals surface area contributed by atoms with Gasteiger partial charge in [0, 0.05) is 38.3 Å². The zero-order valence-corrected chi connectivity index (χ0v) is 15.2. The van der Waals surface area contributed by atoms with Gasteiger partial charge < -0.3 is 16.0 Å². The lowest BCUT2D eigenvalue weighted by molar-refractivity contribution is 0.129. The molecular formula is C18H27N7O. The fourth-order valence-corrected chi connectivity index (χ4v) is 4.05. The second kappa shape index (κ2) is 7.59. The van der Waals surface area contributed by atoms with Crippen molar-refractivity contribution in [3.05, 3.63) is 24.2 Å². The summed E-state index contributed by atoms with van der Waals surface area (Å²) in [6.07, 6.45) is 6.20. The fourth-order valence-electron chi connectivity index (χ4n) is 4.05. The summed E-state index contributed by atoms with van der Waals surface area (Å²) in [5.74, 6) is 0.716. The number of amides is 2. The van der Waals surface area contributed by atoms with Crippen LogP contribution in [0.1, 0.15) is 31.5 Å². The van der Waals surface area contributed by atoms with Crippen molar-refractivity contribution < 1.29 is 4.79 Å². The first-order valence-corrected chi connectivity index (χ1v) is 9.53. The number of urea groups is 1. The summed E-state index contributed by atoms with van der Waals surface area (Å²) >= 11 is 0. The van der Waals surface area contributed by atoms with E-state index in [1.165, 1.54) is 0 Å². The zero-order chi connectivity index (χ0) is 17.9. The predicted octanol–water partition coefficient (Wildman–Crippen LogP) is 1.38. The minimum absolute atomic E-state index is 0.146. The smallest absolute Gasteiger partial charge is 0.319 e. The lowest BCUT2D eigenvalue weighted by Gasteiger charge is -2.39. The van der Waals surface area contributed by atoms with Crippen LogP contribution in [-0.4, -0.2) is 63.8 Å². The molecular weight excluding hydrogens is 330 g/mol. The Morgan fingerprint density at radius 3 is 2.73 bits per heavy atom. The van der Waals surface area contributed by atoms with Crippen molar-refractivity contribution in [3.8, 4) is 0 Å². The average Bonchev–Trinajstić information content (AvgIpc) is 3.02. The number of aryl methyl sites for hydroxylation is 1. The number of anilines is 1. The quantitative estimate of drug-likeness (QED) is 0.772. The fraction of sp³-hybridized carbons (Fsp3) is 0.611. The number of aromatic nitrogens is 3. The number of carbonyl (C=O) groups excluding carboxylic acids is 1. The van der Waals surface area contributed by atoms with E-state index in [0.717, 1.165) is 63.2 Å². The molecule has 1 aliphatic heterocycles. The van der Waals surface area contributed by atoms with Crippen LogP contribution in [0, 0.1) is 6.92 Å². The van der Waals surface area contributed by atoms with Crippen LogP contribution in [0.5, 0.6) is 0 Å². The molecule has 8 nitrogen and oxygen atoms in total. The molecule has 3 heterocycles. The Balaban J connectivity index is 1.26. The second-order valence-corrected chi connectivity index (χ2v) is 7.27. The summed E-state index contributed by atoms with van der Waals surface area (Å²) in [6.45, 7) is 6.33. The van der Waals surface area contributed by atoms with Gasteiger partial charge in [0.1, 0.15) is 5.82 Å². The topological polar surface area (TPSA) is 86.6 Å². The maximum atomic E-state index is 12.3. The van der Waals surface area contributed by atoms with Crippen LogP contribution in [-0.2, 0) is 0 Å². The number of nitrogens with zero attached hydrogens (tertiary/aromatic N) is 4. The molecule has 0 unspecified atom stereocenters. The van der Waals surface area contributed by atoms with Gasteiger partial charge in [-0.3, -0.25) is 4.90 Å². The van der Waals surface area contributed by atoms with Gasteiger partial charge in [0.15, 0.2) is 5.65 Å². The summed E-state index contributed by atoms with van der Waals surface area (Å²) in [5, 5.41) is 13.7. The molecule has 4 rings (SSSR count). The van der Waals surface area contributed by atoms with Gasteiger partial charge >= 0.3 is 6.03 Å². The van der Waals surface area contributed by atoms with Crippen molar-refractivity contribution in [3.63, 3.8) is 0 Å². The highest BCUT2D eigenvalue weighted by atomic mass is 16.2.